The fourth-order valence-electron chi connectivity index (χ4n) is 3.44. The Hall–Kier alpha value is -2.45. The first-order chi connectivity index (χ1) is 16.1. The van der Waals surface area contributed by atoms with Crippen LogP contribution in [-0.4, -0.2) is 47.8 Å². The number of hydrogen-bond donors (Lipinski definition) is 3. The quantitative estimate of drug-likeness (QED) is 0.199. The van der Waals surface area contributed by atoms with E-state index in [-0.39, 0.29) is 11.7 Å². The highest BCUT2D eigenvalue weighted by atomic mass is 32.2. The average Bonchev–Trinajstić information content (AvgIpc) is 3.36. The Balaban J connectivity index is 1.91. The van der Waals surface area contributed by atoms with Gasteiger partial charge in [-0.3, -0.25) is 4.79 Å². The third-order valence-corrected chi connectivity index (χ3v) is 6.53. The molecule has 1 aromatic heterocycles. The summed E-state index contributed by atoms with van der Waals surface area (Å²) in [5.41, 5.74) is 1.48. The first kappa shape index (κ1) is 26.8. The molecule has 180 valence electrons. The Labute approximate surface area is 200 Å². The molecule has 0 amide bonds. The minimum absolute atomic E-state index is 0.0543. The lowest BCUT2D eigenvalue weighted by molar-refractivity contribution is -0.136. The van der Waals surface area contributed by atoms with Crippen molar-refractivity contribution >= 4 is 17.7 Å². The zero-order valence-electron chi connectivity index (χ0n) is 19.4. The van der Waals surface area contributed by atoms with E-state index in [0.29, 0.717) is 11.6 Å². The van der Waals surface area contributed by atoms with Gasteiger partial charge in [0.1, 0.15) is 0 Å². The van der Waals surface area contributed by atoms with Crippen molar-refractivity contribution in [3.05, 3.63) is 54.1 Å². The van der Waals surface area contributed by atoms with Crippen LogP contribution >= 0.6 is 11.8 Å². The molecular weight excluding hydrogens is 436 g/mol. The summed E-state index contributed by atoms with van der Waals surface area (Å²) in [5, 5.41) is 33.7. The largest absolute Gasteiger partial charge is 0.481 e. The molecular formula is C25H36N4O3S. The van der Waals surface area contributed by atoms with Crippen molar-refractivity contribution in [1.29, 1.82) is 0 Å². The Morgan fingerprint density at radius 2 is 1.94 bits per heavy atom. The molecule has 0 unspecified atom stereocenters. The number of hydrogen-bond acceptors (Lipinski definition) is 6. The van der Waals surface area contributed by atoms with Gasteiger partial charge in [0, 0.05) is 11.3 Å². The SMILES string of the molecule is CCCCCCCCC/C=C/C=C/[C@@H](SCCC(=O)O)[C@@H](O)c1cccc(-c2nn[nH]n2)c1. The number of aromatic amines is 1. The number of thioether (sulfide) groups is 1. The normalized spacial score (nSPS) is 13.6. The molecule has 0 saturated heterocycles. The van der Waals surface area contributed by atoms with Crippen LogP contribution in [0.4, 0.5) is 0 Å². The predicted molar refractivity (Wildman–Crippen MR) is 134 cm³/mol. The number of nitrogens with zero attached hydrogens (tertiary/aromatic N) is 3. The molecule has 0 aliphatic heterocycles. The van der Waals surface area contributed by atoms with E-state index in [0.717, 1.165) is 17.5 Å². The fourth-order valence-corrected chi connectivity index (χ4v) is 4.54. The highest BCUT2D eigenvalue weighted by Gasteiger charge is 2.20. The number of nitrogens with one attached hydrogen (secondary N) is 1. The number of tetrazole rings is 1. The van der Waals surface area contributed by atoms with Crippen molar-refractivity contribution in [2.24, 2.45) is 0 Å². The molecule has 2 aromatic rings. The molecule has 7 nitrogen and oxygen atoms in total. The number of allylic oxidation sites excluding steroid dienone is 3. The lowest BCUT2D eigenvalue weighted by Crippen LogP contribution is -2.14. The van der Waals surface area contributed by atoms with Crippen molar-refractivity contribution in [2.45, 2.75) is 76.1 Å². The number of carboxylic acids is 1. The molecule has 33 heavy (non-hydrogen) atoms. The van der Waals surface area contributed by atoms with E-state index in [1.807, 2.05) is 42.5 Å². The van der Waals surface area contributed by atoms with Gasteiger partial charge in [-0.15, -0.1) is 10.2 Å². The summed E-state index contributed by atoms with van der Waals surface area (Å²) >= 11 is 1.44. The monoisotopic (exact) mass is 472 g/mol. The number of benzene rings is 1. The molecule has 0 fully saturated rings. The molecule has 0 saturated carbocycles. The number of carbonyl (C=O) groups is 1. The molecule has 2 atom stereocenters. The van der Waals surface area contributed by atoms with Crippen molar-refractivity contribution in [3.8, 4) is 11.4 Å². The van der Waals surface area contributed by atoms with Gasteiger partial charge >= 0.3 is 5.97 Å². The van der Waals surface area contributed by atoms with Crippen LogP contribution in [0, 0.1) is 0 Å². The van der Waals surface area contributed by atoms with Crippen molar-refractivity contribution < 1.29 is 15.0 Å². The van der Waals surface area contributed by atoms with Crippen LogP contribution in [-0.2, 0) is 4.79 Å². The molecule has 2 rings (SSSR count). The summed E-state index contributed by atoms with van der Waals surface area (Å²) in [6.07, 6.45) is 17.4. The van der Waals surface area contributed by atoms with E-state index in [9.17, 15) is 9.90 Å². The van der Waals surface area contributed by atoms with Gasteiger partial charge in [-0.25, -0.2) is 0 Å². The van der Waals surface area contributed by atoms with E-state index in [2.05, 4.69) is 33.6 Å². The molecule has 0 aliphatic rings. The summed E-state index contributed by atoms with van der Waals surface area (Å²) in [5.74, 6) is 0.0459. The van der Waals surface area contributed by atoms with Gasteiger partial charge in [0.2, 0.25) is 5.82 Å². The maximum absolute atomic E-state index is 11.0. The van der Waals surface area contributed by atoms with Crippen molar-refractivity contribution in [3.63, 3.8) is 0 Å². The lowest BCUT2D eigenvalue weighted by Gasteiger charge is -2.20. The Morgan fingerprint density at radius 3 is 2.67 bits per heavy atom. The van der Waals surface area contributed by atoms with Crippen molar-refractivity contribution in [1.82, 2.24) is 20.6 Å². The number of unbranched alkanes of at least 4 members (excludes halogenated alkanes) is 7. The van der Waals surface area contributed by atoms with Crippen molar-refractivity contribution in [2.75, 3.05) is 5.75 Å². The molecule has 0 spiro atoms. The van der Waals surface area contributed by atoms with E-state index >= 15 is 0 Å². The smallest absolute Gasteiger partial charge is 0.304 e. The highest BCUT2D eigenvalue weighted by Crippen LogP contribution is 2.30. The molecule has 0 bridgehead atoms. The maximum Gasteiger partial charge on any atom is 0.304 e. The fraction of sp³-hybridized carbons (Fsp3) is 0.520. The highest BCUT2D eigenvalue weighted by molar-refractivity contribution is 8.00. The van der Waals surface area contributed by atoms with Gasteiger partial charge in [-0.1, -0.05) is 88.0 Å². The number of rotatable bonds is 17. The second-order valence-corrected chi connectivity index (χ2v) is 9.29. The maximum atomic E-state index is 11.0. The second kappa shape index (κ2) is 16.2. The summed E-state index contributed by atoms with van der Waals surface area (Å²) < 4.78 is 0. The Morgan fingerprint density at radius 1 is 1.15 bits per heavy atom. The summed E-state index contributed by atoms with van der Waals surface area (Å²) in [6.45, 7) is 2.24. The first-order valence-electron chi connectivity index (χ1n) is 11.8. The van der Waals surface area contributed by atoms with Gasteiger partial charge in [0.25, 0.3) is 0 Å². The first-order valence-corrected chi connectivity index (χ1v) is 12.8. The average molecular weight is 473 g/mol. The summed E-state index contributed by atoms with van der Waals surface area (Å²) in [4.78, 5) is 10.9. The van der Waals surface area contributed by atoms with Crippen LogP contribution in [0.3, 0.4) is 0 Å². The molecule has 0 aliphatic carbocycles. The molecule has 1 aromatic carbocycles. The lowest BCUT2D eigenvalue weighted by atomic mass is 10.0. The van der Waals surface area contributed by atoms with Crippen LogP contribution in [0.5, 0.6) is 0 Å². The van der Waals surface area contributed by atoms with Gasteiger partial charge in [0.05, 0.1) is 17.8 Å². The Kier molecular flexibility index (Phi) is 13.2. The Bertz CT molecular complexity index is 855. The zero-order valence-corrected chi connectivity index (χ0v) is 20.2. The summed E-state index contributed by atoms with van der Waals surface area (Å²) in [6, 6.07) is 7.39. The number of aliphatic hydroxyl groups is 1. The van der Waals surface area contributed by atoms with Crippen LogP contribution in [0.2, 0.25) is 0 Å². The van der Waals surface area contributed by atoms with Gasteiger partial charge in [-0.2, -0.15) is 17.0 Å². The van der Waals surface area contributed by atoms with E-state index < -0.39 is 12.1 Å². The van der Waals surface area contributed by atoms with Crippen LogP contribution in [0.15, 0.2) is 48.6 Å². The van der Waals surface area contributed by atoms with E-state index in [4.69, 9.17) is 5.11 Å². The second-order valence-electron chi connectivity index (χ2n) is 8.01. The third-order valence-electron chi connectivity index (χ3n) is 5.29. The standard InChI is InChI=1S/C25H36N4O3S/c1-2-3-4-5-6-7-8-9-10-11-12-16-22(33-18-17-23(30)31)24(32)20-14-13-15-21(19-20)25-26-28-29-27-25/h10-16,19,22,24,32H,2-9,17-18H2,1H3,(H,30,31)(H,26,27,28,29)/b11-10+,16-12+/t22-,24+/m1/s1. The van der Waals surface area contributed by atoms with Crippen LogP contribution < -0.4 is 0 Å². The third kappa shape index (κ3) is 10.8. The van der Waals surface area contributed by atoms with Gasteiger partial charge in [-0.05, 0) is 29.7 Å². The van der Waals surface area contributed by atoms with Crippen LogP contribution in [0.1, 0.15) is 76.4 Å². The zero-order chi connectivity index (χ0) is 23.7. The number of aliphatic hydroxyl groups excluding tert-OH is 1. The minimum Gasteiger partial charge on any atom is -0.481 e. The predicted octanol–water partition coefficient (Wildman–Crippen LogP) is 5.73. The molecule has 0 radical (unpaired) electrons. The minimum atomic E-state index is -0.839. The van der Waals surface area contributed by atoms with Gasteiger partial charge in [0.15, 0.2) is 0 Å². The summed E-state index contributed by atoms with van der Waals surface area (Å²) in [7, 11) is 0. The topological polar surface area (TPSA) is 112 Å². The number of carboxylic acid groups (broad SMARTS) is 1. The number of aromatic nitrogens is 4. The molecule has 3 N–H and O–H groups in total. The molecule has 8 heteroatoms. The number of aliphatic carboxylic acids is 1. The van der Waals surface area contributed by atoms with E-state index in [1.165, 1.54) is 56.7 Å². The van der Waals surface area contributed by atoms with Crippen LogP contribution in [0.25, 0.3) is 11.4 Å². The molecule has 1 heterocycles. The van der Waals surface area contributed by atoms with Gasteiger partial charge < -0.3 is 10.2 Å². The van der Waals surface area contributed by atoms with E-state index in [1.54, 1.807) is 0 Å². The number of H-pyrrole nitrogens is 1.